The molecule has 0 spiro atoms. The summed E-state index contributed by atoms with van der Waals surface area (Å²) >= 11 is 5.46. The van der Waals surface area contributed by atoms with Gasteiger partial charge in [-0.3, -0.25) is 4.79 Å². The van der Waals surface area contributed by atoms with Gasteiger partial charge in [0, 0.05) is 0 Å². The maximum atomic E-state index is 10.5. The largest absolute Gasteiger partial charge is 0.477 e. The Morgan fingerprint density at radius 1 is 1.44 bits per heavy atom. The molecule has 0 saturated heterocycles. The Morgan fingerprint density at radius 3 is 2.50 bits per heavy atom. The smallest absolute Gasteiger partial charge is 0.347 e. The SMILES string of the molecule is C=CC(=CC/C=C(\C)C=O)/C=C(\Cl)C(=O)O. The predicted molar refractivity (Wildman–Crippen MR) is 64.3 cm³/mol. The molecule has 86 valence electrons. The van der Waals surface area contributed by atoms with Crippen molar-refractivity contribution in [3.8, 4) is 0 Å². The van der Waals surface area contributed by atoms with Gasteiger partial charge in [0.05, 0.1) is 0 Å². The Kier molecular flexibility index (Phi) is 6.88. The van der Waals surface area contributed by atoms with Crippen molar-refractivity contribution >= 4 is 23.9 Å². The molecule has 0 aliphatic rings. The van der Waals surface area contributed by atoms with E-state index in [0.29, 0.717) is 17.6 Å². The Labute approximate surface area is 99.4 Å². The average Bonchev–Trinajstić information content (AvgIpc) is 2.26. The fraction of sp³-hybridized carbons (Fsp3) is 0.167. The summed E-state index contributed by atoms with van der Waals surface area (Å²) in [5.74, 6) is -1.19. The molecule has 0 unspecified atom stereocenters. The zero-order valence-electron chi connectivity index (χ0n) is 8.94. The van der Waals surface area contributed by atoms with Crippen molar-refractivity contribution in [1.29, 1.82) is 0 Å². The van der Waals surface area contributed by atoms with Crippen LogP contribution in [0, 0.1) is 0 Å². The average molecular weight is 241 g/mol. The third-order valence-corrected chi connectivity index (χ3v) is 1.98. The van der Waals surface area contributed by atoms with Crippen LogP contribution in [0.15, 0.2) is 47.1 Å². The van der Waals surface area contributed by atoms with Gasteiger partial charge in [-0.1, -0.05) is 36.4 Å². The molecule has 1 N–H and O–H groups in total. The number of aldehydes is 1. The monoisotopic (exact) mass is 240 g/mol. The molecule has 0 saturated carbocycles. The van der Waals surface area contributed by atoms with Crippen LogP contribution >= 0.6 is 11.6 Å². The molecule has 0 aromatic rings. The molecule has 0 radical (unpaired) electrons. The lowest BCUT2D eigenvalue weighted by atomic mass is 10.1. The highest BCUT2D eigenvalue weighted by Gasteiger charge is 2.01. The van der Waals surface area contributed by atoms with E-state index in [4.69, 9.17) is 16.7 Å². The van der Waals surface area contributed by atoms with Gasteiger partial charge < -0.3 is 5.11 Å². The summed E-state index contributed by atoms with van der Waals surface area (Å²) in [6, 6.07) is 0. The summed E-state index contributed by atoms with van der Waals surface area (Å²) in [5, 5.41) is 8.28. The summed E-state index contributed by atoms with van der Waals surface area (Å²) < 4.78 is 0. The summed E-state index contributed by atoms with van der Waals surface area (Å²) in [6.45, 7) is 5.23. The van der Waals surface area contributed by atoms with E-state index in [0.717, 1.165) is 6.29 Å². The minimum Gasteiger partial charge on any atom is -0.477 e. The second-order valence-electron chi connectivity index (χ2n) is 3.01. The zero-order chi connectivity index (χ0) is 12.6. The van der Waals surface area contributed by atoms with E-state index in [1.807, 2.05) is 0 Å². The van der Waals surface area contributed by atoms with E-state index in [1.165, 1.54) is 12.2 Å². The summed E-state index contributed by atoms with van der Waals surface area (Å²) in [4.78, 5) is 20.8. The van der Waals surface area contributed by atoms with Gasteiger partial charge in [-0.25, -0.2) is 4.79 Å². The summed E-state index contributed by atoms with van der Waals surface area (Å²) in [6.07, 6.45) is 7.52. The number of allylic oxidation sites excluding steroid dienone is 6. The third-order valence-electron chi connectivity index (χ3n) is 1.71. The maximum Gasteiger partial charge on any atom is 0.347 e. The number of aliphatic carboxylic acids is 1. The van der Waals surface area contributed by atoms with E-state index in [2.05, 4.69) is 6.58 Å². The molecule has 3 nitrogen and oxygen atoms in total. The van der Waals surface area contributed by atoms with Crippen molar-refractivity contribution in [3.63, 3.8) is 0 Å². The Balaban J connectivity index is 4.69. The van der Waals surface area contributed by atoms with Crippen LogP contribution in [0.4, 0.5) is 0 Å². The molecule has 0 atom stereocenters. The van der Waals surface area contributed by atoms with Gasteiger partial charge in [0.15, 0.2) is 0 Å². The van der Waals surface area contributed by atoms with Gasteiger partial charge in [0.2, 0.25) is 0 Å². The first-order valence-electron chi connectivity index (χ1n) is 4.56. The predicted octanol–water partition coefficient (Wildman–Crippen LogP) is 2.84. The second kappa shape index (κ2) is 7.65. The number of carboxylic acids is 1. The maximum absolute atomic E-state index is 10.5. The minimum atomic E-state index is -1.19. The Bertz CT molecular complexity index is 376. The van der Waals surface area contributed by atoms with E-state index in [9.17, 15) is 9.59 Å². The molecule has 0 heterocycles. The quantitative estimate of drug-likeness (QED) is 0.441. The fourth-order valence-corrected chi connectivity index (χ4v) is 0.964. The van der Waals surface area contributed by atoms with Gasteiger partial charge in [0.1, 0.15) is 11.3 Å². The highest BCUT2D eigenvalue weighted by Crippen LogP contribution is 2.09. The molecule has 0 fully saturated rings. The molecular weight excluding hydrogens is 228 g/mol. The highest BCUT2D eigenvalue weighted by molar-refractivity contribution is 6.41. The first kappa shape index (κ1) is 14.4. The van der Waals surface area contributed by atoms with Crippen molar-refractivity contribution in [2.75, 3.05) is 0 Å². The van der Waals surface area contributed by atoms with Crippen LogP contribution in [0.3, 0.4) is 0 Å². The van der Waals surface area contributed by atoms with Gasteiger partial charge in [-0.2, -0.15) is 0 Å². The normalized spacial score (nSPS) is 13.5. The van der Waals surface area contributed by atoms with Gasteiger partial charge in [0.25, 0.3) is 0 Å². The lowest BCUT2D eigenvalue weighted by Crippen LogP contribution is -1.93. The highest BCUT2D eigenvalue weighted by atomic mass is 35.5. The minimum absolute atomic E-state index is 0.276. The van der Waals surface area contributed by atoms with Gasteiger partial charge >= 0.3 is 5.97 Å². The van der Waals surface area contributed by atoms with Crippen LogP contribution in [0.5, 0.6) is 0 Å². The van der Waals surface area contributed by atoms with Crippen LogP contribution in [0.1, 0.15) is 13.3 Å². The molecular formula is C12H13ClO3. The number of hydrogen-bond acceptors (Lipinski definition) is 2. The van der Waals surface area contributed by atoms with E-state index in [-0.39, 0.29) is 5.03 Å². The first-order chi connectivity index (χ1) is 7.51. The lowest BCUT2D eigenvalue weighted by molar-refractivity contribution is -0.131. The van der Waals surface area contributed by atoms with Crippen LogP contribution in [-0.4, -0.2) is 17.4 Å². The van der Waals surface area contributed by atoms with Crippen molar-refractivity contribution in [2.45, 2.75) is 13.3 Å². The number of halogens is 1. The summed E-state index contributed by atoms with van der Waals surface area (Å²) in [5.41, 5.74) is 1.22. The van der Waals surface area contributed by atoms with Crippen LogP contribution < -0.4 is 0 Å². The number of rotatable bonds is 6. The lowest BCUT2D eigenvalue weighted by Gasteiger charge is -1.94. The van der Waals surface area contributed by atoms with Gasteiger partial charge in [-0.05, 0) is 30.6 Å². The standard InChI is InChI=1S/C12H13ClO3/c1-3-10(7-11(13)12(15)16)6-4-5-9(2)8-14/h3,5-8H,1,4H2,2H3,(H,15,16)/b9-5+,10-6?,11-7-. The number of carboxylic acid groups (broad SMARTS) is 1. The molecule has 0 aliphatic carbocycles. The Morgan fingerprint density at radius 2 is 2.06 bits per heavy atom. The molecule has 0 aliphatic heterocycles. The van der Waals surface area contributed by atoms with Gasteiger partial charge in [-0.15, -0.1) is 0 Å². The Hall–Kier alpha value is -1.61. The fourth-order valence-electron chi connectivity index (χ4n) is 0.838. The zero-order valence-corrected chi connectivity index (χ0v) is 9.70. The molecule has 0 amide bonds. The number of hydrogen-bond donors (Lipinski definition) is 1. The van der Waals surface area contributed by atoms with E-state index >= 15 is 0 Å². The van der Waals surface area contributed by atoms with Crippen LogP contribution in [0.2, 0.25) is 0 Å². The molecule has 4 heteroatoms. The van der Waals surface area contributed by atoms with Crippen LogP contribution in [-0.2, 0) is 9.59 Å². The second-order valence-corrected chi connectivity index (χ2v) is 3.41. The molecule has 0 rings (SSSR count). The first-order valence-corrected chi connectivity index (χ1v) is 4.94. The van der Waals surface area contributed by atoms with Crippen molar-refractivity contribution in [2.24, 2.45) is 0 Å². The van der Waals surface area contributed by atoms with Crippen LogP contribution in [0.25, 0.3) is 0 Å². The van der Waals surface area contributed by atoms with E-state index < -0.39 is 5.97 Å². The number of carbonyl (C=O) groups is 2. The molecule has 0 aromatic heterocycles. The van der Waals surface area contributed by atoms with Crippen molar-refractivity contribution in [1.82, 2.24) is 0 Å². The topological polar surface area (TPSA) is 54.4 Å². The summed E-state index contributed by atoms with van der Waals surface area (Å²) in [7, 11) is 0. The third kappa shape index (κ3) is 5.98. The molecule has 0 aromatic carbocycles. The van der Waals surface area contributed by atoms with Crippen molar-refractivity contribution < 1.29 is 14.7 Å². The molecule has 16 heavy (non-hydrogen) atoms. The number of carbonyl (C=O) groups excluding carboxylic acids is 1. The molecule has 0 bridgehead atoms. The van der Waals surface area contributed by atoms with Crippen molar-refractivity contribution in [3.05, 3.63) is 47.1 Å². The van der Waals surface area contributed by atoms with E-state index in [1.54, 1.807) is 19.1 Å².